The fraction of sp³-hybridized carbons (Fsp3) is 0.350. The number of rotatable bonds is 4. The molecule has 7 heteroatoms. The summed E-state index contributed by atoms with van der Waals surface area (Å²) in [6, 6.07) is 11.3. The molecule has 0 saturated heterocycles. The second-order valence-corrected chi connectivity index (χ2v) is 8.96. The summed E-state index contributed by atoms with van der Waals surface area (Å²) < 4.78 is 44.1. The van der Waals surface area contributed by atoms with Crippen molar-refractivity contribution < 1.29 is 22.3 Å². The number of ether oxygens (including phenoxy) is 1. The van der Waals surface area contributed by atoms with Crippen LogP contribution in [-0.4, -0.2) is 38.1 Å². The summed E-state index contributed by atoms with van der Waals surface area (Å²) in [4.78, 5) is 14.5. The molecule has 0 N–H and O–H groups in total. The molecule has 0 aliphatic carbocycles. The van der Waals surface area contributed by atoms with Crippen LogP contribution in [0.4, 0.5) is 4.39 Å². The number of halogens is 1. The molecule has 1 aliphatic rings. The van der Waals surface area contributed by atoms with Crippen molar-refractivity contribution in [1.82, 2.24) is 4.90 Å². The molecule has 1 amide bonds. The zero-order valence-electron chi connectivity index (χ0n) is 15.5. The van der Waals surface area contributed by atoms with Crippen LogP contribution in [0.15, 0.2) is 47.4 Å². The first-order valence-corrected chi connectivity index (χ1v) is 10.6. The second kappa shape index (κ2) is 7.31. The van der Waals surface area contributed by atoms with E-state index >= 15 is 0 Å². The van der Waals surface area contributed by atoms with Crippen LogP contribution in [0.2, 0.25) is 0 Å². The maximum absolute atomic E-state index is 14.6. The first kappa shape index (κ1) is 19.4. The summed E-state index contributed by atoms with van der Waals surface area (Å²) in [5.41, 5.74) is 1.46. The standard InChI is InChI=1S/C20H22FNO4S/c1-13(2)26-19-9-8-15(27(3,24)25)10-17(19)20(23)22-11-14-6-4-5-7-16(14)18(21)12-22/h4-10,13,18H,11-12H2,1-3H3. The fourth-order valence-corrected chi connectivity index (χ4v) is 3.78. The molecular weight excluding hydrogens is 369 g/mol. The molecule has 0 radical (unpaired) electrons. The van der Waals surface area contributed by atoms with Gasteiger partial charge in [-0.25, -0.2) is 12.8 Å². The van der Waals surface area contributed by atoms with Crippen LogP contribution in [0.3, 0.4) is 0 Å². The fourth-order valence-electron chi connectivity index (χ4n) is 3.13. The van der Waals surface area contributed by atoms with Gasteiger partial charge in [0.2, 0.25) is 0 Å². The van der Waals surface area contributed by atoms with E-state index in [0.29, 0.717) is 5.56 Å². The summed E-state index contributed by atoms with van der Waals surface area (Å²) in [6.45, 7) is 3.81. The first-order chi connectivity index (χ1) is 12.7. The van der Waals surface area contributed by atoms with E-state index in [4.69, 9.17) is 4.74 Å². The molecule has 5 nitrogen and oxygen atoms in total. The average Bonchev–Trinajstić information content (AvgIpc) is 2.60. The predicted octanol–water partition coefficient (Wildman–Crippen LogP) is 3.54. The van der Waals surface area contributed by atoms with Gasteiger partial charge in [0.15, 0.2) is 9.84 Å². The monoisotopic (exact) mass is 391 g/mol. The highest BCUT2D eigenvalue weighted by molar-refractivity contribution is 7.90. The predicted molar refractivity (Wildman–Crippen MR) is 100 cm³/mol. The first-order valence-electron chi connectivity index (χ1n) is 8.68. The third kappa shape index (κ3) is 4.13. The van der Waals surface area contributed by atoms with E-state index in [2.05, 4.69) is 0 Å². The van der Waals surface area contributed by atoms with Gasteiger partial charge in [-0.2, -0.15) is 0 Å². The number of amides is 1. The Kier molecular flexibility index (Phi) is 5.24. The third-order valence-electron chi connectivity index (χ3n) is 4.39. The molecule has 0 fully saturated rings. The average molecular weight is 391 g/mol. The quantitative estimate of drug-likeness (QED) is 0.800. The largest absolute Gasteiger partial charge is 0.490 e. The van der Waals surface area contributed by atoms with Crippen molar-refractivity contribution in [2.24, 2.45) is 0 Å². The van der Waals surface area contributed by atoms with Crippen molar-refractivity contribution in [3.63, 3.8) is 0 Å². The highest BCUT2D eigenvalue weighted by Gasteiger charge is 2.30. The molecule has 0 bridgehead atoms. The molecule has 1 unspecified atom stereocenters. The van der Waals surface area contributed by atoms with Gasteiger partial charge in [-0.3, -0.25) is 4.79 Å². The van der Waals surface area contributed by atoms with Crippen LogP contribution < -0.4 is 4.74 Å². The molecule has 1 heterocycles. The Balaban J connectivity index is 2.00. The Morgan fingerprint density at radius 3 is 2.59 bits per heavy atom. The Morgan fingerprint density at radius 2 is 1.93 bits per heavy atom. The molecule has 1 aliphatic heterocycles. The van der Waals surface area contributed by atoms with Crippen molar-refractivity contribution in [3.8, 4) is 5.75 Å². The van der Waals surface area contributed by atoms with Crippen LogP contribution in [0.25, 0.3) is 0 Å². The van der Waals surface area contributed by atoms with E-state index in [1.807, 2.05) is 13.8 Å². The molecule has 27 heavy (non-hydrogen) atoms. The van der Waals surface area contributed by atoms with Gasteiger partial charge in [0.05, 0.1) is 23.1 Å². The lowest BCUT2D eigenvalue weighted by Crippen LogP contribution is -2.37. The van der Waals surface area contributed by atoms with Gasteiger partial charge in [0, 0.05) is 12.8 Å². The Hall–Kier alpha value is -2.41. The van der Waals surface area contributed by atoms with Gasteiger partial charge in [-0.15, -0.1) is 0 Å². The third-order valence-corrected chi connectivity index (χ3v) is 5.50. The Bertz CT molecular complexity index is 972. The minimum absolute atomic E-state index is 0.0242. The van der Waals surface area contributed by atoms with Crippen LogP contribution in [0.5, 0.6) is 5.75 Å². The highest BCUT2D eigenvalue weighted by Crippen LogP contribution is 2.32. The topological polar surface area (TPSA) is 63.7 Å². The smallest absolute Gasteiger partial charge is 0.258 e. The minimum Gasteiger partial charge on any atom is -0.490 e. The lowest BCUT2D eigenvalue weighted by atomic mass is 9.97. The van der Waals surface area contributed by atoms with Gasteiger partial charge in [-0.05, 0) is 43.2 Å². The molecular formula is C20H22FNO4S. The summed E-state index contributed by atoms with van der Waals surface area (Å²) in [7, 11) is -3.49. The molecule has 0 aromatic heterocycles. The molecule has 144 valence electrons. The van der Waals surface area contributed by atoms with Gasteiger partial charge < -0.3 is 9.64 Å². The molecule has 1 atom stereocenters. The van der Waals surface area contributed by atoms with E-state index in [-0.39, 0.29) is 35.4 Å². The maximum atomic E-state index is 14.6. The summed E-state index contributed by atoms with van der Waals surface area (Å²) in [5, 5.41) is 0. The summed E-state index contributed by atoms with van der Waals surface area (Å²) in [6.07, 6.45) is -0.406. The van der Waals surface area contributed by atoms with Crippen LogP contribution in [0.1, 0.15) is 41.5 Å². The number of sulfone groups is 1. The number of alkyl halides is 1. The van der Waals surface area contributed by atoms with Crippen molar-refractivity contribution in [2.75, 3.05) is 12.8 Å². The lowest BCUT2D eigenvalue weighted by molar-refractivity contribution is 0.0660. The Morgan fingerprint density at radius 1 is 1.22 bits per heavy atom. The van der Waals surface area contributed by atoms with Crippen LogP contribution >= 0.6 is 0 Å². The van der Waals surface area contributed by atoms with Crippen molar-refractivity contribution >= 4 is 15.7 Å². The van der Waals surface area contributed by atoms with Gasteiger partial charge in [0.25, 0.3) is 5.91 Å². The molecule has 0 spiro atoms. The van der Waals surface area contributed by atoms with E-state index in [9.17, 15) is 17.6 Å². The second-order valence-electron chi connectivity index (χ2n) is 6.95. The number of benzene rings is 2. The minimum atomic E-state index is -3.49. The van der Waals surface area contributed by atoms with Gasteiger partial charge in [0.1, 0.15) is 11.9 Å². The lowest BCUT2D eigenvalue weighted by Gasteiger charge is -2.31. The van der Waals surface area contributed by atoms with Gasteiger partial charge >= 0.3 is 0 Å². The van der Waals surface area contributed by atoms with E-state index < -0.39 is 21.9 Å². The zero-order valence-corrected chi connectivity index (χ0v) is 16.3. The van der Waals surface area contributed by atoms with Crippen LogP contribution in [0, 0.1) is 0 Å². The van der Waals surface area contributed by atoms with Crippen molar-refractivity contribution in [1.29, 1.82) is 0 Å². The van der Waals surface area contributed by atoms with Crippen LogP contribution in [-0.2, 0) is 16.4 Å². The SMILES string of the molecule is CC(C)Oc1ccc(S(C)(=O)=O)cc1C(=O)N1Cc2ccccc2C(F)C1. The van der Waals surface area contributed by atoms with E-state index in [1.165, 1.54) is 23.1 Å². The summed E-state index contributed by atoms with van der Waals surface area (Å²) in [5.74, 6) is -0.162. The zero-order chi connectivity index (χ0) is 19.8. The number of fused-ring (bicyclic) bond motifs is 1. The van der Waals surface area contributed by atoms with Crippen molar-refractivity contribution in [2.45, 2.75) is 37.6 Å². The molecule has 0 saturated carbocycles. The van der Waals surface area contributed by atoms with Gasteiger partial charge in [-0.1, -0.05) is 24.3 Å². The number of hydrogen-bond donors (Lipinski definition) is 0. The van der Waals surface area contributed by atoms with E-state index in [1.54, 1.807) is 24.3 Å². The molecule has 3 rings (SSSR count). The van der Waals surface area contributed by atoms with E-state index in [0.717, 1.165) is 11.8 Å². The number of nitrogens with zero attached hydrogens (tertiary/aromatic N) is 1. The maximum Gasteiger partial charge on any atom is 0.258 e. The Labute approximate surface area is 158 Å². The molecule has 2 aromatic carbocycles. The summed E-state index contributed by atoms with van der Waals surface area (Å²) >= 11 is 0. The molecule has 2 aromatic rings. The van der Waals surface area contributed by atoms with Crippen molar-refractivity contribution in [3.05, 3.63) is 59.2 Å². The number of carbonyl (C=O) groups is 1. The number of carbonyl (C=O) groups excluding carboxylic acids is 1. The normalized spacial score (nSPS) is 16.9. The number of hydrogen-bond acceptors (Lipinski definition) is 4. The highest BCUT2D eigenvalue weighted by atomic mass is 32.2.